The van der Waals surface area contributed by atoms with Crippen molar-refractivity contribution in [3.8, 4) is 0 Å². The SMILES string of the molecule is CCCn1c(CN)nnc1SCC1CCOC1. The molecular weight excluding hydrogens is 236 g/mol. The van der Waals surface area contributed by atoms with Gasteiger partial charge in [0.1, 0.15) is 5.82 Å². The molecule has 1 fully saturated rings. The minimum absolute atomic E-state index is 0.458. The van der Waals surface area contributed by atoms with E-state index in [0.717, 1.165) is 42.9 Å². The van der Waals surface area contributed by atoms with Gasteiger partial charge in [-0.1, -0.05) is 18.7 Å². The van der Waals surface area contributed by atoms with Crippen molar-refractivity contribution >= 4 is 11.8 Å². The summed E-state index contributed by atoms with van der Waals surface area (Å²) in [5.74, 6) is 2.61. The maximum atomic E-state index is 5.66. The van der Waals surface area contributed by atoms with Crippen LogP contribution >= 0.6 is 11.8 Å². The Balaban J connectivity index is 1.96. The molecule has 0 saturated carbocycles. The molecule has 1 atom stereocenters. The Hall–Kier alpha value is -0.590. The predicted molar refractivity (Wildman–Crippen MR) is 67.9 cm³/mol. The summed E-state index contributed by atoms with van der Waals surface area (Å²) in [6, 6.07) is 0. The van der Waals surface area contributed by atoms with Gasteiger partial charge in [0.05, 0.1) is 13.2 Å². The van der Waals surface area contributed by atoms with E-state index in [2.05, 4.69) is 21.7 Å². The van der Waals surface area contributed by atoms with Crippen molar-refractivity contribution in [2.75, 3.05) is 19.0 Å². The maximum absolute atomic E-state index is 5.66. The monoisotopic (exact) mass is 256 g/mol. The predicted octanol–water partition coefficient (Wildman–Crippen LogP) is 1.28. The van der Waals surface area contributed by atoms with Crippen LogP contribution in [0.5, 0.6) is 0 Å². The zero-order chi connectivity index (χ0) is 12.1. The van der Waals surface area contributed by atoms with E-state index in [1.807, 2.05) is 0 Å². The van der Waals surface area contributed by atoms with E-state index in [0.29, 0.717) is 12.5 Å². The summed E-state index contributed by atoms with van der Waals surface area (Å²) in [5, 5.41) is 9.36. The summed E-state index contributed by atoms with van der Waals surface area (Å²) in [6.45, 7) is 5.35. The summed E-state index contributed by atoms with van der Waals surface area (Å²) in [7, 11) is 0. The van der Waals surface area contributed by atoms with Crippen LogP contribution < -0.4 is 5.73 Å². The molecule has 2 rings (SSSR count). The van der Waals surface area contributed by atoms with E-state index in [1.54, 1.807) is 11.8 Å². The largest absolute Gasteiger partial charge is 0.381 e. The quantitative estimate of drug-likeness (QED) is 0.777. The summed E-state index contributed by atoms with van der Waals surface area (Å²) in [4.78, 5) is 0. The lowest BCUT2D eigenvalue weighted by Crippen LogP contribution is -2.10. The van der Waals surface area contributed by atoms with Gasteiger partial charge in [-0.05, 0) is 18.8 Å². The van der Waals surface area contributed by atoms with E-state index in [4.69, 9.17) is 10.5 Å². The molecule has 0 spiro atoms. The third-order valence-electron chi connectivity index (χ3n) is 2.90. The van der Waals surface area contributed by atoms with Crippen LogP contribution in [0.2, 0.25) is 0 Å². The molecule has 0 aliphatic carbocycles. The summed E-state index contributed by atoms with van der Waals surface area (Å²) >= 11 is 1.77. The lowest BCUT2D eigenvalue weighted by atomic mass is 10.2. The highest BCUT2D eigenvalue weighted by molar-refractivity contribution is 7.99. The van der Waals surface area contributed by atoms with Crippen molar-refractivity contribution in [3.63, 3.8) is 0 Å². The second-order valence-corrected chi connectivity index (χ2v) is 5.28. The molecule has 17 heavy (non-hydrogen) atoms. The molecule has 0 bridgehead atoms. The van der Waals surface area contributed by atoms with Crippen molar-refractivity contribution in [2.45, 2.75) is 38.0 Å². The molecular formula is C11H20N4OS. The molecule has 96 valence electrons. The standard InChI is InChI=1S/C11H20N4OS/c1-2-4-15-10(6-12)13-14-11(15)17-8-9-3-5-16-7-9/h9H,2-8,12H2,1H3. The first-order valence-electron chi connectivity index (χ1n) is 6.17. The van der Waals surface area contributed by atoms with Gasteiger partial charge >= 0.3 is 0 Å². The van der Waals surface area contributed by atoms with Gasteiger partial charge in [0.2, 0.25) is 0 Å². The van der Waals surface area contributed by atoms with Crippen molar-refractivity contribution in [2.24, 2.45) is 11.7 Å². The van der Waals surface area contributed by atoms with Crippen molar-refractivity contribution in [1.29, 1.82) is 0 Å². The van der Waals surface area contributed by atoms with Crippen LogP contribution in [0, 0.1) is 5.92 Å². The molecule has 1 unspecified atom stereocenters. The summed E-state index contributed by atoms with van der Waals surface area (Å²) in [6.07, 6.45) is 2.24. The fourth-order valence-electron chi connectivity index (χ4n) is 1.93. The fourth-order valence-corrected chi connectivity index (χ4v) is 3.03. The Kier molecular flexibility index (Phi) is 4.82. The van der Waals surface area contributed by atoms with Gasteiger partial charge in [0, 0.05) is 18.9 Å². The van der Waals surface area contributed by atoms with E-state index in [9.17, 15) is 0 Å². The van der Waals surface area contributed by atoms with Gasteiger partial charge in [-0.25, -0.2) is 0 Å². The van der Waals surface area contributed by atoms with Gasteiger partial charge < -0.3 is 15.0 Å². The first kappa shape index (κ1) is 12.9. The fraction of sp³-hybridized carbons (Fsp3) is 0.818. The minimum Gasteiger partial charge on any atom is -0.381 e. The number of ether oxygens (including phenoxy) is 1. The molecule has 1 aromatic heterocycles. The molecule has 5 nitrogen and oxygen atoms in total. The Labute approximate surface area is 106 Å². The van der Waals surface area contributed by atoms with Crippen LogP contribution in [0.15, 0.2) is 5.16 Å². The van der Waals surface area contributed by atoms with Crippen LogP contribution in [0.25, 0.3) is 0 Å². The van der Waals surface area contributed by atoms with Crippen LogP contribution in [0.4, 0.5) is 0 Å². The second-order valence-electron chi connectivity index (χ2n) is 4.30. The average molecular weight is 256 g/mol. The van der Waals surface area contributed by atoms with Gasteiger partial charge in [0.15, 0.2) is 5.16 Å². The molecule has 2 N–H and O–H groups in total. The molecule has 1 aliphatic heterocycles. The third kappa shape index (κ3) is 3.20. The normalized spacial score (nSPS) is 20.0. The summed E-state index contributed by atoms with van der Waals surface area (Å²) in [5.41, 5.74) is 5.66. The number of nitrogens with two attached hydrogens (primary N) is 1. The highest BCUT2D eigenvalue weighted by Gasteiger charge is 2.18. The molecule has 1 saturated heterocycles. The van der Waals surface area contributed by atoms with Gasteiger partial charge in [0.25, 0.3) is 0 Å². The van der Waals surface area contributed by atoms with Crippen molar-refractivity contribution < 1.29 is 4.74 Å². The van der Waals surface area contributed by atoms with Crippen LogP contribution in [0.3, 0.4) is 0 Å². The first-order chi connectivity index (χ1) is 8.35. The van der Waals surface area contributed by atoms with Crippen LogP contribution in [-0.2, 0) is 17.8 Å². The lowest BCUT2D eigenvalue weighted by molar-refractivity contribution is 0.189. The number of nitrogens with zero attached hydrogens (tertiary/aromatic N) is 3. The van der Waals surface area contributed by atoms with Gasteiger partial charge in [-0.3, -0.25) is 0 Å². The molecule has 0 amide bonds. The van der Waals surface area contributed by atoms with Crippen molar-refractivity contribution in [3.05, 3.63) is 5.82 Å². The minimum atomic E-state index is 0.458. The number of aromatic nitrogens is 3. The first-order valence-corrected chi connectivity index (χ1v) is 7.16. The Morgan fingerprint density at radius 3 is 3.06 bits per heavy atom. The third-order valence-corrected chi connectivity index (χ3v) is 4.09. The molecule has 0 aromatic carbocycles. The summed E-state index contributed by atoms with van der Waals surface area (Å²) < 4.78 is 7.51. The highest BCUT2D eigenvalue weighted by Crippen LogP contribution is 2.24. The lowest BCUT2D eigenvalue weighted by Gasteiger charge is -2.09. The molecule has 1 aliphatic rings. The average Bonchev–Trinajstić information content (AvgIpc) is 2.96. The zero-order valence-corrected chi connectivity index (χ0v) is 11.1. The van der Waals surface area contributed by atoms with E-state index in [1.165, 1.54) is 6.42 Å². The number of hydrogen-bond donors (Lipinski definition) is 1. The topological polar surface area (TPSA) is 66.0 Å². The van der Waals surface area contributed by atoms with Gasteiger partial charge in [-0.2, -0.15) is 0 Å². The van der Waals surface area contributed by atoms with Crippen LogP contribution in [0.1, 0.15) is 25.6 Å². The smallest absolute Gasteiger partial charge is 0.191 e. The second kappa shape index (κ2) is 6.37. The zero-order valence-electron chi connectivity index (χ0n) is 10.3. The van der Waals surface area contributed by atoms with Gasteiger partial charge in [-0.15, -0.1) is 10.2 Å². The van der Waals surface area contributed by atoms with Crippen LogP contribution in [-0.4, -0.2) is 33.7 Å². The highest BCUT2D eigenvalue weighted by atomic mass is 32.2. The number of rotatable bonds is 6. The Morgan fingerprint density at radius 1 is 1.53 bits per heavy atom. The number of thioether (sulfide) groups is 1. The molecule has 2 heterocycles. The number of hydrogen-bond acceptors (Lipinski definition) is 5. The molecule has 6 heteroatoms. The van der Waals surface area contributed by atoms with E-state index in [-0.39, 0.29) is 0 Å². The van der Waals surface area contributed by atoms with E-state index < -0.39 is 0 Å². The Morgan fingerprint density at radius 2 is 2.41 bits per heavy atom. The van der Waals surface area contributed by atoms with Crippen molar-refractivity contribution in [1.82, 2.24) is 14.8 Å². The molecule has 1 aromatic rings. The molecule has 0 radical (unpaired) electrons. The maximum Gasteiger partial charge on any atom is 0.191 e. The van der Waals surface area contributed by atoms with E-state index >= 15 is 0 Å². The Bertz CT molecular complexity index is 349.